The van der Waals surface area contributed by atoms with Crippen molar-refractivity contribution in [2.24, 2.45) is 5.92 Å². The number of nitrogens with two attached hydrogens (primary N) is 1. The number of amides is 1. The molecule has 0 bridgehead atoms. The quantitative estimate of drug-likeness (QED) is 0.860. The van der Waals surface area contributed by atoms with Gasteiger partial charge in [-0.15, -0.1) is 0 Å². The van der Waals surface area contributed by atoms with Gasteiger partial charge < -0.3 is 10.6 Å². The third kappa shape index (κ3) is 2.67. The first kappa shape index (κ1) is 13.5. The Morgan fingerprint density at radius 2 is 2.00 bits per heavy atom. The van der Waals surface area contributed by atoms with Crippen molar-refractivity contribution in [3.05, 3.63) is 29.8 Å². The number of carbonyl (C=O) groups is 1. The van der Waals surface area contributed by atoms with Crippen LogP contribution in [0.2, 0.25) is 0 Å². The number of anilines is 1. The van der Waals surface area contributed by atoms with Crippen LogP contribution in [-0.2, 0) is 11.2 Å². The first-order valence-corrected chi connectivity index (χ1v) is 7.88. The zero-order valence-corrected chi connectivity index (χ0v) is 12.1. The number of benzene rings is 1. The molecule has 0 aromatic heterocycles. The fraction of sp³-hybridized carbons (Fsp3) is 0.588. The second-order valence-electron chi connectivity index (χ2n) is 6.19. The second kappa shape index (κ2) is 5.86. The largest absolute Gasteiger partial charge is 0.399 e. The number of carbonyl (C=O) groups excluding carboxylic acids is 1. The summed E-state index contributed by atoms with van der Waals surface area (Å²) in [5, 5.41) is 0. The molecule has 2 atom stereocenters. The van der Waals surface area contributed by atoms with E-state index in [9.17, 15) is 4.79 Å². The van der Waals surface area contributed by atoms with Crippen LogP contribution in [0.3, 0.4) is 0 Å². The zero-order chi connectivity index (χ0) is 13.9. The molecule has 2 aliphatic rings. The van der Waals surface area contributed by atoms with Crippen LogP contribution in [0.5, 0.6) is 0 Å². The van der Waals surface area contributed by atoms with Crippen LogP contribution in [0, 0.1) is 5.92 Å². The van der Waals surface area contributed by atoms with Crippen LogP contribution in [0.4, 0.5) is 5.69 Å². The molecule has 3 rings (SSSR count). The van der Waals surface area contributed by atoms with Crippen LogP contribution in [0.1, 0.15) is 44.1 Å². The third-order valence-electron chi connectivity index (χ3n) is 4.98. The number of para-hydroxylation sites is 1. The molecular formula is C17H24N2O. The van der Waals surface area contributed by atoms with Gasteiger partial charge in [0.05, 0.1) is 0 Å². The minimum Gasteiger partial charge on any atom is -0.399 e. The number of hydrogen-bond donors (Lipinski definition) is 1. The van der Waals surface area contributed by atoms with Gasteiger partial charge in [0.25, 0.3) is 0 Å². The SMILES string of the molecule is Nc1ccccc1CCC(=O)N1CCCC2CCCC21. The van der Waals surface area contributed by atoms with E-state index in [0.29, 0.717) is 18.4 Å². The normalized spacial score (nSPS) is 25.5. The number of aryl methyl sites for hydroxylation is 1. The highest BCUT2D eigenvalue weighted by Gasteiger charge is 2.36. The molecule has 3 heteroatoms. The van der Waals surface area contributed by atoms with Gasteiger partial charge in [-0.05, 0) is 49.7 Å². The van der Waals surface area contributed by atoms with Crippen LogP contribution in [0.15, 0.2) is 24.3 Å². The predicted octanol–water partition coefficient (Wildman–Crippen LogP) is 2.99. The summed E-state index contributed by atoms with van der Waals surface area (Å²) in [6.45, 7) is 0.963. The zero-order valence-electron chi connectivity index (χ0n) is 12.1. The minimum atomic E-state index is 0.324. The van der Waals surface area contributed by atoms with Crippen molar-refractivity contribution in [1.29, 1.82) is 0 Å². The number of piperidine rings is 1. The van der Waals surface area contributed by atoms with Gasteiger partial charge in [-0.1, -0.05) is 24.6 Å². The second-order valence-corrected chi connectivity index (χ2v) is 6.19. The van der Waals surface area contributed by atoms with Gasteiger partial charge in [0.2, 0.25) is 5.91 Å². The molecule has 1 aliphatic carbocycles. The van der Waals surface area contributed by atoms with Gasteiger partial charge in [-0.2, -0.15) is 0 Å². The van der Waals surface area contributed by atoms with E-state index in [1.807, 2.05) is 24.3 Å². The summed E-state index contributed by atoms with van der Waals surface area (Å²) in [6, 6.07) is 8.40. The fourth-order valence-corrected chi connectivity index (χ4v) is 3.91. The Bertz CT molecular complexity index is 486. The van der Waals surface area contributed by atoms with E-state index in [1.165, 1.54) is 32.1 Å². The maximum absolute atomic E-state index is 12.5. The molecule has 1 heterocycles. The molecule has 1 amide bonds. The Labute approximate surface area is 121 Å². The van der Waals surface area contributed by atoms with Crippen molar-refractivity contribution >= 4 is 11.6 Å². The molecule has 1 saturated heterocycles. The number of likely N-dealkylation sites (tertiary alicyclic amines) is 1. The van der Waals surface area contributed by atoms with Crippen LogP contribution >= 0.6 is 0 Å². The lowest BCUT2D eigenvalue weighted by Crippen LogP contribution is -2.46. The molecule has 2 N–H and O–H groups in total. The molecule has 0 spiro atoms. The van der Waals surface area contributed by atoms with E-state index < -0.39 is 0 Å². The summed E-state index contributed by atoms with van der Waals surface area (Å²) in [5.74, 6) is 1.10. The minimum absolute atomic E-state index is 0.324. The molecule has 1 aliphatic heterocycles. The van der Waals surface area contributed by atoms with Gasteiger partial charge in [0.15, 0.2) is 0 Å². The van der Waals surface area contributed by atoms with Crippen molar-refractivity contribution in [2.75, 3.05) is 12.3 Å². The Morgan fingerprint density at radius 1 is 1.20 bits per heavy atom. The van der Waals surface area contributed by atoms with Crippen molar-refractivity contribution in [3.63, 3.8) is 0 Å². The van der Waals surface area contributed by atoms with E-state index in [2.05, 4.69) is 4.90 Å². The first-order valence-electron chi connectivity index (χ1n) is 7.88. The summed E-state index contributed by atoms with van der Waals surface area (Å²) < 4.78 is 0. The number of rotatable bonds is 3. The maximum atomic E-state index is 12.5. The van der Waals surface area contributed by atoms with Crippen LogP contribution in [-0.4, -0.2) is 23.4 Å². The predicted molar refractivity (Wildman–Crippen MR) is 81.3 cm³/mol. The lowest BCUT2D eigenvalue weighted by molar-refractivity contribution is -0.135. The monoisotopic (exact) mass is 272 g/mol. The Balaban J connectivity index is 1.60. The van der Waals surface area contributed by atoms with Gasteiger partial charge in [-0.25, -0.2) is 0 Å². The molecule has 2 fully saturated rings. The Morgan fingerprint density at radius 3 is 2.85 bits per heavy atom. The van der Waals surface area contributed by atoms with E-state index in [4.69, 9.17) is 5.73 Å². The molecule has 2 unspecified atom stereocenters. The number of nitrogen functional groups attached to an aromatic ring is 1. The van der Waals surface area contributed by atoms with Gasteiger partial charge >= 0.3 is 0 Å². The van der Waals surface area contributed by atoms with Gasteiger partial charge in [-0.3, -0.25) is 4.79 Å². The third-order valence-corrected chi connectivity index (χ3v) is 4.98. The smallest absolute Gasteiger partial charge is 0.223 e. The molecular weight excluding hydrogens is 248 g/mol. The summed E-state index contributed by atoms with van der Waals surface area (Å²) in [4.78, 5) is 14.7. The molecule has 0 radical (unpaired) electrons. The Hall–Kier alpha value is -1.51. The highest BCUT2D eigenvalue weighted by molar-refractivity contribution is 5.77. The van der Waals surface area contributed by atoms with Crippen LogP contribution < -0.4 is 5.73 Å². The summed E-state index contributed by atoms with van der Waals surface area (Å²) in [6.07, 6.45) is 7.69. The molecule has 108 valence electrons. The van der Waals surface area contributed by atoms with E-state index >= 15 is 0 Å². The molecule has 1 saturated carbocycles. The van der Waals surface area contributed by atoms with Crippen molar-refractivity contribution in [3.8, 4) is 0 Å². The van der Waals surface area contributed by atoms with Crippen molar-refractivity contribution in [2.45, 2.75) is 51.0 Å². The van der Waals surface area contributed by atoms with Gasteiger partial charge in [0, 0.05) is 24.7 Å². The van der Waals surface area contributed by atoms with Crippen molar-refractivity contribution < 1.29 is 4.79 Å². The summed E-state index contributed by atoms with van der Waals surface area (Å²) in [5.41, 5.74) is 7.85. The fourth-order valence-electron chi connectivity index (χ4n) is 3.91. The molecule has 1 aromatic carbocycles. The van der Waals surface area contributed by atoms with Gasteiger partial charge in [0.1, 0.15) is 0 Å². The average Bonchev–Trinajstić information content (AvgIpc) is 2.94. The lowest BCUT2D eigenvalue weighted by Gasteiger charge is -2.38. The maximum Gasteiger partial charge on any atom is 0.223 e. The molecule has 20 heavy (non-hydrogen) atoms. The number of hydrogen-bond acceptors (Lipinski definition) is 2. The molecule has 1 aromatic rings. The van der Waals surface area contributed by atoms with Crippen molar-refractivity contribution in [1.82, 2.24) is 4.90 Å². The summed E-state index contributed by atoms with van der Waals surface area (Å²) >= 11 is 0. The van der Waals surface area contributed by atoms with E-state index in [0.717, 1.165) is 30.1 Å². The average molecular weight is 272 g/mol. The number of fused-ring (bicyclic) bond motifs is 1. The standard InChI is InChI=1S/C17H24N2O/c18-15-8-2-1-5-13(15)10-11-17(20)19-12-4-7-14-6-3-9-16(14)19/h1-2,5,8,14,16H,3-4,6-7,9-12,18H2. The first-order chi connectivity index (χ1) is 9.75. The Kier molecular flexibility index (Phi) is 3.95. The topological polar surface area (TPSA) is 46.3 Å². The highest BCUT2D eigenvalue weighted by atomic mass is 16.2. The van der Waals surface area contributed by atoms with E-state index in [1.54, 1.807) is 0 Å². The molecule has 3 nitrogen and oxygen atoms in total. The summed E-state index contributed by atoms with van der Waals surface area (Å²) in [7, 11) is 0. The highest BCUT2D eigenvalue weighted by Crippen LogP contribution is 2.37. The van der Waals surface area contributed by atoms with E-state index in [-0.39, 0.29) is 0 Å². The van der Waals surface area contributed by atoms with Crippen LogP contribution in [0.25, 0.3) is 0 Å². The lowest BCUT2D eigenvalue weighted by atomic mass is 9.91. The number of nitrogens with zero attached hydrogens (tertiary/aromatic N) is 1.